The Balaban J connectivity index is 1.66. The third kappa shape index (κ3) is 4.20. The van der Waals surface area contributed by atoms with Crippen molar-refractivity contribution < 1.29 is 14.6 Å². The molecule has 1 heterocycles. The zero-order valence-electron chi connectivity index (χ0n) is 14.5. The molecule has 1 aliphatic rings. The average molecular weight is 370 g/mol. The topological polar surface area (TPSA) is 110 Å². The number of para-hydroxylation sites is 1. The minimum Gasteiger partial charge on any atom is -0.368 e. The molecule has 2 aromatic carbocycles. The summed E-state index contributed by atoms with van der Waals surface area (Å²) in [5, 5.41) is 22.0. The number of carbonyl (C=O) groups excluding carboxylic acids is 1. The van der Waals surface area contributed by atoms with Crippen LogP contribution < -0.4 is 4.90 Å². The van der Waals surface area contributed by atoms with Crippen molar-refractivity contribution in [1.29, 1.82) is 0 Å². The monoisotopic (exact) mass is 370 g/mol. The van der Waals surface area contributed by atoms with E-state index in [1.54, 1.807) is 4.90 Å². The smallest absolute Gasteiger partial charge is 0.279 e. The van der Waals surface area contributed by atoms with Gasteiger partial charge >= 0.3 is 0 Å². The lowest BCUT2D eigenvalue weighted by Crippen LogP contribution is -2.49. The van der Waals surface area contributed by atoms with Crippen molar-refractivity contribution in [2.24, 2.45) is 0 Å². The van der Waals surface area contributed by atoms with E-state index < -0.39 is 15.5 Å². The van der Waals surface area contributed by atoms with Crippen LogP contribution in [0.25, 0.3) is 0 Å². The summed E-state index contributed by atoms with van der Waals surface area (Å²) in [6.07, 6.45) is -0.153. The molecule has 0 spiro atoms. The van der Waals surface area contributed by atoms with Gasteiger partial charge in [0.05, 0.1) is 22.3 Å². The minimum atomic E-state index is -0.693. The maximum absolute atomic E-state index is 12.6. The Morgan fingerprint density at radius 1 is 0.926 bits per heavy atom. The number of non-ortho nitro benzene ring substituents is 1. The van der Waals surface area contributed by atoms with Gasteiger partial charge in [0.15, 0.2) is 0 Å². The van der Waals surface area contributed by atoms with Gasteiger partial charge < -0.3 is 9.80 Å². The van der Waals surface area contributed by atoms with Crippen molar-refractivity contribution in [1.82, 2.24) is 4.90 Å². The number of nitrogens with zero attached hydrogens (tertiary/aromatic N) is 4. The van der Waals surface area contributed by atoms with E-state index in [-0.39, 0.29) is 23.6 Å². The molecule has 0 radical (unpaired) electrons. The second-order valence-electron chi connectivity index (χ2n) is 6.21. The normalized spacial score (nSPS) is 14.1. The Hall–Kier alpha value is -3.49. The first-order valence-corrected chi connectivity index (χ1v) is 8.45. The highest BCUT2D eigenvalue weighted by Gasteiger charge is 2.25. The first kappa shape index (κ1) is 18.3. The van der Waals surface area contributed by atoms with Crippen LogP contribution in [0.3, 0.4) is 0 Å². The van der Waals surface area contributed by atoms with Gasteiger partial charge in [0.25, 0.3) is 11.4 Å². The molecule has 0 atom stereocenters. The van der Waals surface area contributed by atoms with E-state index >= 15 is 0 Å². The molecule has 0 aliphatic carbocycles. The SMILES string of the molecule is O=C(Cc1ccc([N+](=O)[O-])cc1[N+](=O)[O-])N1CCN(c2ccccc2)CC1. The van der Waals surface area contributed by atoms with E-state index in [0.29, 0.717) is 26.2 Å². The molecule has 0 bridgehead atoms. The van der Waals surface area contributed by atoms with Crippen molar-refractivity contribution in [3.63, 3.8) is 0 Å². The van der Waals surface area contributed by atoms with Crippen LogP contribution in [-0.4, -0.2) is 46.8 Å². The van der Waals surface area contributed by atoms with Gasteiger partial charge in [-0.2, -0.15) is 0 Å². The van der Waals surface area contributed by atoms with Gasteiger partial charge in [-0.25, -0.2) is 0 Å². The van der Waals surface area contributed by atoms with E-state index in [9.17, 15) is 25.0 Å². The number of hydrogen-bond acceptors (Lipinski definition) is 6. The number of piperazine rings is 1. The molecule has 1 aliphatic heterocycles. The summed E-state index contributed by atoms with van der Waals surface area (Å²) in [6.45, 7) is 2.40. The number of rotatable bonds is 5. The van der Waals surface area contributed by atoms with Gasteiger partial charge in [-0.15, -0.1) is 0 Å². The number of hydrogen-bond donors (Lipinski definition) is 0. The highest BCUT2D eigenvalue weighted by Crippen LogP contribution is 2.25. The van der Waals surface area contributed by atoms with E-state index in [2.05, 4.69) is 4.90 Å². The Kier molecular flexibility index (Phi) is 5.30. The lowest BCUT2D eigenvalue weighted by Gasteiger charge is -2.36. The van der Waals surface area contributed by atoms with Crippen molar-refractivity contribution in [3.8, 4) is 0 Å². The summed E-state index contributed by atoms with van der Waals surface area (Å²) in [4.78, 5) is 37.0. The maximum Gasteiger partial charge on any atom is 0.279 e. The van der Waals surface area contributed by atoms with Gasteiger partial charge in [0.1, 0.15) is 0 Å². The van der Waals surface area contributed by atoms with Crippen LogP contribution in [0.15, 0.2) is 48.5 Å². The van der Waals surface area contributed by atoms with Gasteiger partial charge in [0.2, 0.25) is 5.91 Å². The molecule has 1 saturated heterocycles. The van der Waals surface area contributed by atoms with Crippen molar-refractivity contribution in [2.75, 3.05) is 31.1 Å². The number of nitro groups is 2. The Labute approximate surface area is 155 Å². The summed E-state index contributed by atoms with van der Waals surface area (Å²) in [5.74, 6) is -0.223. The molecule has 9 nitrogen and oxygen atoms in total. The molecule has 0 N–H and O–H groups in total. The molecule has 3 rings (SSSR count). The van der Waals surface area contributed by atoms with Crippen molar-refractivity contribution >= 4 is 23.0 Å². The van der Waals surface area contributed by atoms with E-state index in [1.165, 1.54) is 12.1 Å². The molecule has 1 amide bonds. The maximum atomic E-state index is 12.6. The van der Waals surface area contributed by atoms with Crippen LogP contribution >= 0.6 is 0 Å². The molecule has 0 aromatic heterocycles. The first-order valence-electron chi connectivity index (χ1n) is 8.45. The molecule has 2 aromatic rings. The molecular weight excluding hydrogens is 352 g/mol. The van der Waals surface area contributed by atoms with Gasteiger partial charge in [-0.3, -0.25) is 25.0 Å². The fourth-order valence-corrected chi connectivity index (χ4v) is 3.11. The third-order valence-electron chi connectivity index (χ3n) is 4.57. The summed E-state index contributed by atoms with van der Waals surface area (Å²) in [6, 6.07) is 13.3. The summed E-state index contributed by atoms with van der Waals surface area (Å²) < 4.78 is 0. The van der Waals surface area contributed by atoms with Crippen LogP contribution in [0.5, 0.6) is 0 Å². The van der Waals surface area contributed by atoms with Crippen LogP contribution in [0.1, 0.15) is 5.56 Å². The van der Waals surface area contributed by atoms with Gasteiger partial charge in [0, 0.05) is 43.5 Å². The van der Waals surface area contributed by atoms with Crippen LogP contribution in [0.4, 0.5) is 17.1 Å². The second kappa shape index (κ2) is 7.81. The van der Waals surface area contributed by atoms with Crippen LogP contribution in [0, 0.1) is 20.2 Å². The van der Waals surface area contributed by atoms with E-state index in [0.717, 1.165) is 11.8 Å². The third-order valence-corrected chi connectivity index (χ3v) is 4.57. The molecule has 27 heavy (non-hydrogen) atoms. The van der Waals surface area contributed by atoms with Crippen molar-refractivity contribution in [3.05, 3.63) is 74.3 Å². The summed E-state index contributed by atoms with van der Waals surface area (Å²) in [5.41, 5.74) is 0.506. The van der Waals surface area contributed by atoms with E-state index in [1.807, 2.05) is 30.3 Å². The molecule has 0 unspecified atom stereocenters. The van der Waals surface area contributed by atoms with Gasteiger partial charge in [-0.1, -0.05) is 18.2 Å². The number of anilines is 1. The lowest BCUT2D eigenvalue weighted by atomic mass is 10.1. The molecule has 0 saturated carbocycles. The fraction of sp³-hybridized carbons (Fsp3) is 0.278. The highest BCUT2D eigenvalue weighted by atomic mass is 16.6. The van der Waals surface area contributed by atoms with Crippen LogP contribution in [0.2, 0.25) is 0 Å². The molecule has 1 fully saturated rings. The Morgan fingerprint density at radius 2 is 1.59 bits per heavy atom. The predicted octanol–water partition coefficient (Wildman–Crippen LogP) is 2.39. The average Bonchev–Trinajstić information content (AvgIpc) is 2.68. The molecule has 140 valence electrons. The Morgan fingerprint density at radius 3 is 2.19 bits per heavy atom. The Bertz CT molecular complexity index is 863. The molecule has 9 heteroatoms. The quantitative estimate of drug-likeness (QED) is 0.590. The van der Waals surface area contributed by atoms with Crippen molar-refractivity contribution in [2.45, 2.75) is 6.42 Å². The number of nitro benzene ring substituents is 2. The minimum absolute atomic E-state index is 0.153. The predicted molar refractivity (Wildman–Crippen MR) is 98.7 cm³/mol. The highest BCUT2D eigenvalue weighted by molar-refractivity contribution is 5.80. The fourth-order valence-electron chi connectivity index (χ4n) is 3.11. The molecular formula is C18H18N4O5. The van der Waals surface area contributed by atoms with E-state index in [4.69, 9.17) is 0 Å². The number of amides is 1. The number of benzene rings is 2. The largest absolute Gasteiger partial charge is 0.368 e. The zero-order valence-corrected chi connectivity index (χ0v) is 14.5. The standard InChI is InChI=1S/C18H18N4O5/c23-18(12-14-6-7-16(21(24)25)13-17(14)22(26)27)20-10-8-19(9-11-20)15-4-2-1-3-5-15/h1-7,13H,8-12H2. The van der Waals surface area contributed by atoms with Gasteiger partial charge in [-0.05, 0) is 18.2 Å². The van der Waals surface area contributed by atoms with Crippen LogP contribution in [-0.2, 0) is 11.2 Å². The first-order chi connectivity index (χ1) is 13.0. The summed E-state index contributed by atoms with van der Waals surface area (Å²) in [7, 11) is 0. The zero-order chi connectivity index (χ0) is 19.4. The lowest BCUT2D eigenvalue weighted by molar-refractivity contribution is -0.394. The second-order valence-corrected chi connectivity index (χ2v) is 6.21. The number of carbonyl (C=O) groups is 1. The summed E-state index contributed by atoms with van der Waals surface area (Å²) >= 11 is 0.